The Bertz CT molecular complexity index is 548. The molecule has 0 spiro atoms. The van der Waals surface area contributed by atoms with Crippen molar-refractivity contribution in [3.63, 3.8) is 0 Å². The number of imidazole rings is 1. The molecule has 2 aromatic rings. The van der Waals surface area contributed by atoms with Crippen molar-refractivity contribution in [1.29, 1.82) is 0 Å². The smallest absolute Gasteiger partial charge is 0.142 e. The van der Waals surface area contributed by atoms with Crippen LogP contribution in [-0.2, 0) is 20.0 Å². The molecular formula is C14H22N4S. The van der Waals surface area contributed by atoms with Crippen LogP contribution in [0.25, 0.3) is 10.7 Å². The van der Waals surface area contributed by atoms with Crippen LogP contribution in [0, 0.1) is 0 Å². The summed E-state index contributed by atoms with van der Waals surface area (Å²) in [6, 6.07) is 0. The van der Waals surface area contributed by atoms with Gasteiger partial charge in [0.15, 0.2) is 0 Å². The molecule has 1 N–H and O–H groups in total. The molecule has 0 atom stereocenters. The normalized spacial score (nSPS) is 12.1. The van der Waals surface area contributed by atoms with E-state index in [-0.39, 0.29) is 5.54 Å². The summed E-state index contributed by atoms with van der Waals surface area (Å²) in [5, 5.41) is 4.59. The van der Waals surface area contributed by atoms with Gasteiger partial charge in [-0.1, -0.05) is 6.92 Å². The number of hydrogen-bond acceptors (Lipinski definition) is 4. The Morgan fingerprint density at radius 3 is 2.63 bits per heavy atom. The Labute approximate surface area is 118 Å². The summed E-state index contributed by atoms with van der Waals surface area (Å²) < 4.78 is 2.01. The summed E-state index contributed by atoms with van der Waals surface area (Å²) >= 11 is 1.76. The number of thiazole rings is 1. The van der Waals surface area contributed by atoms with Gasteiger partial charge >= 0.3 is 0 Å². The fourth-order valence-electron chi connectivity index (χ4n) is 1.82. The lowest BCUT2D eigenvalue weighted by molar-refractivity contribution is 0.425. The van der Waals surface area contributed by atoms with Gasteiger partial charge < -0.3 is 9.88 Å². The molecule has 19 heavy (non-hydrogen) atoms. The number of aryl methyl sites for hydroxylation is 2. The molecule has 0 amide bonds. The molecule has 0 unspecified atom stereocenters. The Balaban J connectivity index is 2.25. The van der Waals surface area contributed by atoms with Crippen molar-refractivity contribution in [2.45, 2.75) is 46.2 Å². The van der Waals surface area contributed by atoms with Crippen LogP contribution >= 0.6 is 11.3 Å². The Kier molecular flexibility index (Phi) is 4.06. The Morgan fingerprint density at radius 2 is 2.11 bits per heavy atom. The Hall–Kier alpha value is -1.20. The van der Waals surface area contributed by atoms with Crippen molar-refractivity contribution in [3.8, 4) is 10.7 Å². The fraction of sp³-hybridized carbons (Fsp3) is 0.571. The highest BCUT2D eigenvalue weighted by atomic mass is 32.1. The lowest BCUT2D eigenvalue weighted by Gasteiger charge is -2.20. The van der Waals surface area contributed by atoms with Crippen LogP contribution in [0.15, 0.2) is 12.5 Å². The lowest BCUT2D eigenvalue weighted by atomic mass is 10.1. The number of aromatic nitrogens is 3. The Morgan fingerprint density at radius 1 is 1.37 bits per heavy atom. The van der Waals surface area contributed by atoms with Crippen LogP contribution in [0.3, 0.4) is 0 Å². The summed E-state index contributed by atoms with van der Waals surface area (Å²) in [6.07, 6.45) is 4.66. The SMILES string of the molecule is CCc1nc(-c2cncn2C)sc1CNC(C)(C)C. The second-order valence-electron chi connectivity index (χ2n) is 5.74. The molecular weight excluding hydrogens is 256 g/mol. The average molecular weight is 278 g/mol. The third kappa shape index (κ3) is 3.42. The van der Waals surface area contributed by atoms with Crippen molar-refractivity contribution in [2.75, 3.05) is 0 Å². The van der Waals surface area contributed by atoms with Crippen LogP contribution in [-0.4, -0.2) is 20.1 Å². The van der Waals surface area contributed by atoms with E-state index in [1.165, 1.54) is 10.6 Å². The van der Waals surface area contributed by atoms with E-state index in [0.29, 0.717) is 0 Å². The van der Waals surface area contributed by atoms with Gasteiger partial charge in [-0.15, -0.1) is 11.3 Å². The van der Waals surface area contributed by atoms with Gasteiger partial charge in [-0.3, -0.25) is 0 Å². The van der Waals surface area contributed by atoms with E-state index in [4.69, 9.17) is 4.98 Å². The molecule has 0 saturated carbocycles. The van der Waals surface area contributed by atoms with Gasteiger partial charge in [0, 0.05) is 24.0 Å². The zero-order valence-corrected chi connectivity index (χ0v) is 13.1. The molecule has 0 radical (unpaired) electrons. The van der Waals surface area contributed by atoms with Crippen LogP contribution in [0.1, 0.15) is 38.3 Å². The van der Waals surface area contributed by atoms with E-state index in [2.05, 4.69) is 38.0 Å². The molecule has 0 fully saturated rings. The minimum atomic E-state index is 0.127. The number of hydrogen-bond donors (Lipinski definition) is 1. The standard InChI is InChI=1S/C14H22N4S/c1-6-10-12(8-16-14(2,3)4)19-13(17-10)11-7-15-9-18(11)5/h7,9,16H,6,8H2,1-5H3. The molecule has 0 aliphatic heterocycles. The highest BCUT2D eigenvalue weighted by Gasteiger charge is 2.15. The molecule has 0 aromatic carbocycles. The third-order valence-corrected chi connectivity index (χ3v) is 4.05. The molecule has 0 aliphatic carbocycles. The van der Waals surface area contributed by atoms with Crippen molar-refractivity contribution < 1.29 is 0 Å². The zero-order valence-electron chi connectivity index (χ0n) is 12.3. The molecule has 0 saturated heterocycles. The van der Waals surface area contributed by atoms with Gasteiger partial charge in [0.05, 0.1) is 23.9 Å². The predicted octanol–water partition coefficient (Wildman–Crippen LogP) is 2.99. The maximum Gasteiger partial charge on any atom is 0.142 e. The van der Waals surface area contributed by atoms with Gasteiger partial charge in [-0.05, 0) is 27.2 Å². The number of nitrogens with zero attached hydrogens (tertiary/aromatic N) is 3. The maximum absolute atomic E-state index is 4.75. The van der Waals surface area contributed by atoms with Gasteiger partial charge in [-0.2, -0.15) is 0 Å². The van der Waals surface area contributed by atoms with Crippen LogP contribution < -0.4 is 5.32 Å². The third-order valence-electron chi connectivity index (χ3n) is 2.93. The molecule has 0 bridgehead atoms. The van der Waals surface area contributed by atoms with E-state index in [0.717, 1.165) is 23.7 Å². The van der Waals surface area contributed by atoms with E-state index < -0.39 is 0 Å². The van der Waals surface area contributed by atoms with E-state index >= 15 is 0 Å². The number of nitrogens with one attached hydrogen (secondary N) is 1. The molecule has 4 nitrogen and oxygen atoms in total. The minimum absolute atomic E-state index is 0.127. The van der Waals surface area contributed by atoms with Gasteiger partial charge in [0.25, 0.3) is 0 Å². The number of rotatable bonds is 4. The highest BCUT2D eigenvalue weighted by Crippen LogP contribution is 2.28. The first-order valence-corrected chi connectivity index (χ1v) is 7.42. The van der Waals surface area contributed by atoms with Gasteiger partial charge in [-0.25, -0.2) is 9.97 Å². The van der Waals surface area contributed by atoms with Gasteiger partial charge in [0.1, 0.15) is 5.01 Å². The van der Waals surface area contributed by atoms with Crippen LogP contribution in [0.2, 0.25) is 0 Å². The summed E-state index contributed by atoms with van der Waals surface area (Å²) in [4.78, 5) is 10.2. The van der Waals surface area contributed by atoms with Crippen LogP contribution in [0.5, 0.6) is 0 Å². The van der Waals surface area contributed by atoms with E-state index in [1.807, 2.05) is 24.1 Å². The quantitative estimate of drug-likeness (QED) is 0.935. The van der Waals surface area contributed by atoms with Crippen molar-refractivity contribution in [3.05, 3.63) is 23.1 Å². The summed E-state index contributed by atoms with van der Waals surface area (Å²) in [7, 11) is 2.00. The topological polar surface area (TPSA) is 42.7 Å². The minimum Gasteiger partial charge on any atom is -0.332 e. The monoisotopic (exact) mass is 278 g/mol. The van der Waals surface area contributed by atoms with Crippen molar-refractivity contribution >= 4 is 11.3 Å². The van der Waals surface area contributed by atoms with Gasteiger partial charge in [0.2, 0.25) is 0 Å². The summed E-state index contributed by atoms with van der Waals surface area (Å²) in [5.41, 5.74) is 2.40. The molecule has 2 heterocycles. The zero-order chi connectivity index (χ0) is 14.0. The molecule has 2 aromatic heterocycles. The maximum atomic E-state index is 4.75. The predicted molar refractivity (Wildman–Crippen MR) is 80.3 cm³/mol. The lowest BCUT2D eigenvalue weighted by Crippen LogP contribution is -2.35. The first-order valence-electron chi connectivity index (χ1n) is 6.61. The fourth-order valence-corrected chi connectivity index (χ4v) is 2.96. The summed E-state index contributed by atoms with van der Waals surface area (Å²) in [5.74, 6) is 0. The van der Waals surface area contributed by atoms with Crippen molar-refractivity contribution in [2.24, 2.45) is 7.05 Å². The highest BCUT2D eigenvalue weighted by molar-refractivity contribution is 7.15. The van der Waals surface area contributed by atoms with E-state index in [9.17, 15) is 0 Å². The first-order chi connectivity index (χ1) is 8.90. The molecule has 5 heteroatoms. The second-order valence-corrected chi connectivity index (χ2v) is 6.82. The first kappa shape index (κ1) is 14.2. The molecule has 2 rings (SSSR count). The average Bonchev–Trinajstić information content (AvgIpc) is 2.90. The molecule has 104 valence electrons. The van der Waals surface area contributed by atoms with E-state index in [1.54, 1.807) is 11.3 Å². The summed E-state index contributed by atoms with van der Waals surface area (Å²) in [6.45, 7) is 9.58. The largest absolute Gasteiger partial charge is 0.332 e. The molecule has 0 aliphatic rings. The second kappa shape index (κ2) is 5.43. The van der Waals surface area contributed by atoms with Crippen molar-refractivity contribution in [1.82, 2.24) is 19.9 Å². The van der Waals surface area contributed by atoms with Crippen LogP contribution in [0.4, 0.5) is 0 Å².